The van der Waals surface area contributed by atoms with E-state index in [0.717, 1.165) is 19.3 Å². The Morgan fingerprint density at radius 1 is 1.46 bits per heavy atom. The summed E-state index contributed by atoms with van der Waals surface area (Å²) in [6.45, 7) is 3.82. The van der Waals surface area contributed by atoms with Crippen molar-refractivity contribution in [2.45, 2.75) is 45.3 Å². The largest absolute Gasteiger partial charge is 0.379 e. The Kier molecular flexibility index (Phi) is 3.72. The lowest BCUT2D eigenvalue weighted by atomic mass is 10.1. The minimum Gasteiger partial charge on any atom is -0.379 e. The Hall–Kier alpha value is -0.570. The second kappa shape index (κ2) is 4.61. The maximum Gasteiger partial charge on any atom is 0.222 e. The average molecular weight is 185 g/mol. The lowest BCUT2D eigenvalue weighted by molar-refractivity contribution is -0.125. The van der Waals surface area contributed by atoms with Gasteiger partial charge in [0.05, 0.1) is 12.1 Å². The second-order valence-corrected chi connectivity index (χ2v) is 3.97. The molecule has 0 aliphatic heterocycles. The summed E-state index contributed by atoms with van der Waals surface area (Å²) in [5.41, 5.74) is 0. The number of ether oxygens (including phenoxy) is 1. The van der Waals surface area contributed by atoms with E-state index in [1.807, 2.05) is 13.8 Å². The van der Waals surface area contributed by atoms with Gasteiger partial charge in [0, 0.05) is 13.0 Å². The number of hydrogen-bond donors (Lipinski definition) is 1. The highest BCUT2D eigenvalue weighted by Crippen LogP contribution is 2.21. The van der Waals surface area contributed by atoms with Gasteiger partial charge in [-0.1, -0.05) is 13.8 Å². The number of rotatable bonds is 3. The molecule has 3 heteroatoms. The van der Waals surface area contributed by atoms with Crippen LogP contribution in [0.5, 0.6) is 0 Å². The van der Waals surface area contributed by atoms with Gasteiger partial charge in [-0.3, -0.25) is 4.79 Å². The van der Waals surface area contributed by atoms with Crippen molar-refractivity contribution < 1.29 is 9.53 Å². The van der Waals surface area contributed by atoms with Crippen LogP contribution in [0.3, 0.4) is 0 Å². The number of amides is 1. The second-order valence-electron chi connectivity index (χ2n) is 3.97. The van der Waals surface area contributed by atoms with Crippen molar-refractivity contribution in [3.63, 3.8) is 0 Å². The first-order valence-corrected chi connectivity index (χ1v) is 4.98. The molecule has 1 saturated carbocycles. The molecule has 0 aromatic rings. The molecule has 1 rings (SSSR count). The Balaban J connectivity index is 2.39. The smallest absolute Gasteiger partial charge is 0.222 e. The van der Waals surface area contributed by atoms with Gasteiger partial charge in [0.2, 0.25) is 5.91 Å². The normalized spacial score (nSPS) is 28.0. The lowest BCUT2D eigenvalue weighted by Crippen LogP contribution is -2.42. The van der Waals surface area contributed by atoms with Crippen molar-refractivity contribution in [2.24, 2.45) is 5.92 Å². The monoisotopic (exact) mass is 185 g/mol. The summed E-state index contributed by atoms with van der Waals surface area (Å²) < 4.78 is 5.29. The van der Waals surface area contributed by atoms with E-state index in [4.69, 9.17) is 4.74 Å². The minimum absolute atomic E-state index is 0.0677. The number of hydrogen-bond acceptors (Lipinski definition) is 2. The molecular weight excluding hydrogens is 166 g/mol. The standard InChI is InChI=1S/C10H19NO2/c1-7(2)10(12)11-8-5-4-6-9(8)13-3/h7-9H,4-6H2,1-3H3,(H,11,12). The Bertz CT molecular complexity index is 180. The zero-order valence-corrected chi connectivity index (χ0v) is 8.67. The van der Waals surface area contributed by atoms with Crippen LogP contribution in [0.4, 0.5) is 0 Å². The topological polar surface area (TPSA) is 38.3 Å². The van der Waals surface area contributed by atoms with Gasteiger partial charge < -0.3 is 10.1 Å². The zero-order chi connectivity index (χ0) is 9.84. The maximum absolute atomic E-state index is 11.4. The van der Waals surface area contributed by atoms with E-state index in [-0.39, 0.29) is 24.0 Å². The fourth-order valence-corrected chi connectivity index (χ4v) is 1.72. The summed E-state index contributed by atoms with van der Waals surface area (Å²) in [6.07, 6.45) is 3.50. The molecule has 1 aliphatic carbocycles. The van der Waals surface area contributed by atoms with Gasteiger partial charge in [-0.05, 0) is 19.3 Å². The van der Waals surface area contributed by atoms with Crippen LogP contribution >= 0.6 is 0 Å². The van der Waals surface area contributed by atoms with Gasteiger partial charge in [-0.15, -0.1) is 0 Å². The summed E-state index contributed by atoms with van der Waals surface area (Å²) in [6, 6.07) is 0.236. The third-order valence-electron chi connectivity index (χ3n) is 2.61. The molecule has 1 N–H and O–H groups in total. The summed E-state index contributed by atoms with van der Waals surface area (Å²) in [5, 5.41) is 3.02. The minimum atomic E-state index is 0.0677. The molecule has 13 heavy (non-hydrogen) atoms. The number of carbonyl (C=O) groups excluding carboxylic acids is 1. The van der Waals surface area contributed by atoms with Crippen LogP contribution in [0.2, 0.25) is 0 Å². The first-order chi connectivity index (χ1) is 6.15. The average Bonchev–Trinajstić information content (AvgIpc) is 2.51. The molecule has 2 atom stereocenters. The summed E-state index contributed by atoms with van der Waals surface area (Å²) >= 11 is 0. The molecule has 1 aliphatic rings. The fraction of sp³-hybridized carbons (Fsp3) is 0.900. The Morgan fingerprint density at radius 3 is 2.69 bits per heavy atom. The maximum atomic E-state index is 11.4. The summed E-state index contributed by atoms with van der Waals surface area (Å²) in [4.78, 5) is 11.4. The zero-order valence-electron chi connectivity index (χ0n) is 8.67. The molecule has 0 radical (unpaired) electrons. The predicted molar refractivity (Wildman–Crippen MR) is 51.4 cm³/mol. The van der Waals surface area contributed by atoms with E-state index in [1.165, 1.54) is 0 Å². The number of nitrogens with one attached hydrogen (secondary N) is 1. The van der Waals surface area contributed by atoms with Crippen LogP contribution in [0.1, 0.15) is 33.1 Å². The van der Waals surface area contributed by atoms with Crippen LogP contribution in [-0.4, -0.2) is 25.2 Å². The van der Waals surface area contributed by atoms with E-state index >= 15 is 0 Å². The number of methoxy groups -OCH3 is 1. The van der Waals surface area contributed by atoms with Gasteiger partial charge in [0.25, 0.3) is 0 Å². The van der Waals surface area contributed by atoms with Crippen molar-refractivity contribution in [1.82, 2.24) is 5.32 Å². The molecule has 76 valence electrons. The Labute approximate surface area is 79.8 Å². The van der Waals surface area contributed by atoms with E-state index < -0.39 is 0 Å². The molecule has 1 fully saturated rings. The van der Waals surface area contributed by atoms with Gasteiger partial charge in [0.15, 0.2) is 0 Å². The highest BCUT2D eigenvalue weighted by atomic mass is 16.5. The molecular formula is C10H19NO2. The van der Waals surface area contributed by atoms with Gasteiger partial charge in [0.1, 0.15) is 0 Å². The molecule has 0 spiro atoms. The first kappa shape index (κ1) is 10.5. The molecule has 2 unspecified atom stereocenters. The third-order valence-corrected chi connectivity index (χ3v) is 2.61. The molecule has 0 heterocycles. The van der Waals surface area contributed by atoms with Crippen LogP contribution in [0.25, 0.3) is 0 Å². The van der Waals surface area contributed by atoms with Crippen LogP contribution in [0.15, 0.2) is 0 Å². The quantitative estimate of drug-likeness (QED) is 0.720. The predicted octanol–water partition coefficient (Wildman–Crippen LogP) is 1.33. The summed E-state index contributed by atoms with van der Waals surface area (Å²) in [5.74, 6) is 0.201. The van der Waals surface area contributed by atoms with E-state index in [2.05, 4.69) is 5.32 Å². The van der Waals surface area contributed by atoms with Gasteiger partial charge >= 0.3 is 0 Å². The van der Waals surface area contributed by atoms with Crippen LogP contribution < -0.4 is 5.32 Å². The summed E-state index contributed by atoms with van der Waals surface area (Å²) in [7, 11) is 1.71. The van der Waals surface area contributed by atoms with Crippen LogP contribution in [-0.2, 0) is 9.53 Å². The van der Waals surface area contributed by atoms with Crippen molar-refractivity contribution in [3.05, 3.63) is 0 Å². The third kappa shape index (κ3) is 2.69. The van der Waals surface area contributed by atoms with E-state index in [9.17, 15) is 4.79 Å². The molecule has 0 aromatic carbocycles. The van der Waals surface area contributed by atoms with Crippen molar-refractivity contribution >= 4 is 5.91 Å². The number of carbonyl (C=O) groups is 1. The molecule has 3 nitrogen and oxygen atoms in total. The van der Waals surface area contributed by atoms with Gasteiger partial charge in [-0.25, -0.2) is 0 Å². The van der Waals surface area contributed by atoms with Crippen molar-refractivity contribution in [2.75, 3.05) is 7.11 Å². The van der Waals surface area contributed by atoms with E-state index in [1.54, 1.807) is 7.11 Å². The molecule has 0 aromatic heterocycles. The highest BCUT2D eigenvalue weighted by Gasteiger charge is 2.28. The first-order valence-electron chi connectivity index (χ1n) is 4.98. The van der Waals surface area contributed by atoms with Crippen molar-refractivity contribution in [3.8, 4) is 0 Å². The van der Waals surface area contributed by atoms with E-state index in [0.29, 0.717) is 0 Å². The van der Waals surface area contributed by atoms with Crippen molar-refractivity contribution in [1.29, 1.82) is 0 Å². The SMILES string of the molecule is COC1CCCC1NC(=O)C(C)C. The lowest BCUT2D eigenvalue weighted by Gasteiger charge is -2.20. The molecule has 0 bridgehead atoms. The fourth-order valence-electron chi connectivity index (χ4n) is 1.72. The Morgan fingerprint density at radius 2 is 2.15 bits per heavy atom. The highest BCUT2D eigenvalue weighted by molar-refractivity contribution is 5.78. The molecule has 0 saturated heterocycles. The van der Waals surface area contributed by atoms with Crippen LogP contribution in [0, 0.1) is 5.92 Å². The van der Waals surface area contributed by atoms with Gasteiger partial charge in [-0.2, -0.15) is 0 Å². The molecule has 1 amide bonds.